The van der Waals surface area contributed by atoms with E-state index in [1.807, 2.05) is 9.80 Å². The molecule has 2 rings (SSSR count). The summed E-state index contributed by atoms with van der Waals surface area (Å²) in [7, 11) is 0. The molecule has 0 aromatic carbocycles. The van der Waals surface area contributed by atoms with E-state index in [1.54, 1.807) is 12.3 Å². The van der Waals surface area contributed by atoms with E-state index in [1.165, 1.54) is 6.07 Å². The van der Waals surface area contributed by atoms with Crippen molar-refractivity contribution < 1.29 is 9.60 Å². The fourth-order valence-corrected chi connectivity index (χ4v) is 1.99. The number of oxime groups is 1. The first-order valence-electron chi connectivity index (χ1n) is 5.75. The molecule has 0 aliphatic carbocycles. The highest BCUT2D eigenvalue weighted by molar-refractivity contribution is 5.81. The molecule has 0 saturated carbocycles. The van der Waals surface area contributed by atoms with Gasteiger partial charge in [-0.1, -0.05) is 5.16 Å². The van der Waals surface area contributed by atoms with Crippen molar-refractivity contribution >= 4 is 11.7 Å². The third-order valence-corrected chi connectivity index (χ3v) is 2.92. The van der Waals surface area contributed by atoms with E-state index in [4.69, 9.17) is 10.9 Å². The lowest BCUT2D eigenvalue weighted by atomic mass is 10.3. The Kier molecular flexibility index (Phi) is 3.93. The molecule has 1 fully saturated rings. The number of hydrogen-bond acceptors (Lipinski definition) is 5. The van der Waals surface area contributed by atoms with Crippen LogP contribution in [-0.2, 0) is 0 Å². The molecule has 1 aliphatic heterocycles. The highest BCUT2D eigenvalue weighted by Gasteiger charge is 2.20. The highest BCUT2D eigenvalue weighted by atomic mass is 19.1. The molecule has 3 N–H and O–H groups in total. The van der Waals surface area contributed by atoms with Gasteiger partial charge >= 0.3 is 0 Å². The van der Waals surface area contributed by atoms with Crippen molar-refractivity contribution in [3.05, 3.63) is 24.1 Å². The lowest BCUT2D eigenvalue weighted by Gasteiger charge is -2.35. The van der Waals surface area contributed by atoms with Crippen molar-refractivity contribution in [2.45, 2.75) is 0 Å². The van der Waals surface area contributed by atoms with Crippen LogP contribution < -0.4 is 10.6 Å². The minimum Gasteiger partial charge on any atom is -0.409 e. The predicted octanol–water partition coefficient (Wildman–Crippen LogP) is 0.0891. The zero-order valence-corrected chi connectivity index (χ0v) is 9.96. The topological polar surface area (TPSA) is 78.0 Å². The molecule has 7 heteroatoms. The second-order valence-electron chi connectivity index (χ2n) is 4.16. The number of hydrogen-bond donors (Lipinski definition) is 2. The Labute approximate surface area is 105 Å². The number of halogens is 1. The maximum absolute atomic E-state index is 13.5. The maximum atomic E-state index is 13.5. The summed E-state index contributed by atoms with van der Waals surface area (Å²) in [6.45, 7) is 3.23. The van der Waals surface area contributed by atoms with Crippen LogP contribution in [0.1, 0.15) is 0 Å². The molecule has 0 amide bonds. The molecule has 18 heavy (non-hydrogen) atoms. The third kappa shape index (κ3) is 2.86. The largest absolute Gasteiger partial charge is 0.409 e. The van der Waals surface area contributed by atoms with Crippen LogP contribution in [0.2, 0.25) is 0 Å². The first-order valence-corrected chi connectivity index (χ1v) is 5.75. The van der Waals surface area contributed by atoms with Gasteiger partial charge in [0, 0.05) is 32.4 Å². The standard InChI is InChI=1S/C11H16FN5O/c12-9-2-1-3-14-11(9)17-6-4-16(5-7-17)8-10(13)15-18/h1-3,18H,4-8H2,(H2,13,15). The van der Waals surface area contributed by atoms with Gasteiger partial charge in [-0.15, -0.1) is 0 Å². The molecule has 1 aliphatic rings. The van der Waals surface area contributed by atoms with Crippen LogP contribution in [0.5, 0.6) is 0 Å². The van der Waals surface area contributed by atoms with Crippen LogP contribution in [-0.4, -0.2) is 53.7 Å². The quantitative estimate of drug-likeness (QED) is 0.345. The van der Waals surface area contributed by atoms with Crippen molar-refractivity contribution in [2.75, 3.05) is 37.6 Å². The monoisotopic (exact) mass is 253 g/mol. The second kappa shape index (κ2) is 5.63. The van der Waals surface area contributed by atoms with E-state index in [-0.39, 0.29) is 11.7 Å². The minimum atomic E-state index is -0.303. The first kappa shape index (κ1) is 12.6. The van der Waals surface area contributed by atoms with Gasteiger partial charge in [0.15, 0.2) is 17.5 Å². The SMILES string of the molecule is NC(CN1CCN(c2ncccc2F)CC1)=NO. The van der Waals surface area contributed by atoms with E-state index in [0.29, 0.717) is 25.5 Å². The molecular weight excluding hydrogens is 237 g/mol. The number of anilines is 1. The molecule has 6 nitrogen and oxygen atoms in total. The smallest absolute Gasteiger partial charge is 0.165 e. The Morgan fingerprint density at radius 2 is 2.17 bits per heavy atom. The predicted molar refractivity (Wildman–Crippen MR) is 66.3 cm³/mol. The molecule has 1 aromatic heterocycles. The van der Waals surface area contributed by atoms with Gasteiger partial charge in [-0.2, -0.15) is 0 Å². The Morgan fingerprint density at radius 3 is 2.78 bits per heavy atom. The highest BCUT2D eigenvalue weighted by Crippen LogP contribution is 2.16. The van der Waals surface area contributed by atoms with Crippen molar-refractivity contribution in [2.24, 2.45) is 10.9 Å². The number of aromatic nitrogens is 1. The number of nitrogens with two attached hydrogens (primary N) is 1. The second-order valence-corrected chi connectivity index (χ2v) is 4.16. The summed E-state index contributed by atoms with van der Waals surface area (Å²) in [6.07, 6.45) is 1.58. The summed E-state index contributed by atoms with van der Waals surface area (Å²) < 4.78 is 13.5. The third-order valence-electron chi connectivity index (χ3n) is 2.92. The molecule has 1 aromatic rings. The molecule has 0 unspecified atom stereocenters. The van der Waals surface area contributed by atoms with Gasteiger partial charge in [0.1, 0.15) is 0 Å². The van der Waals surface area contributed by atoms with Crippen LogP contribution in [0, 0.1) is 5.82 Å². The summed E-state index contributed by atoms with van der Waals surface area (Å²) in [4.78, 5) is 8.00. The zero-order chi connectivity index (χ0) is 13.0. The van der Waals surface area contributed by atoms with Crippen LogP contribution in [0.15, 0.2) is 23.5 Å². The summed E-state index contributed by atoms with van der Waals surface area (Å²) in [5.74, 6) is 0.274. The number of amidine groups is 1. The Morgan fingerprint density at radius 1 is 1.44 bits per heavy atom. The van der Waals surface area contributed by atoms with Gasteiger partial charge in [0.25, 0.3) is 0 Å². The average Bonchev–Trinajstić information content (AvgIpc) is 2.40. The molecule has 0 bridgehead atoms. The summed E-state index contributed by atoms with van der Waals surface area (Å²) in [5, 5.41) is 11.4. The lowest BCUT2D eigenvalue weighted by Crippen LogP contribution is -2.49. The summed E-state index contributed by atoms with van der Waals surface area (Å²) >= 11 is 0. The average molecular weight is 253 g/mol. The van der Waals surface area contributed by atoms with Crippen LogP contribution in [0.3, 0.4) is 0 Å². The van der Waals surface area contributed by atoms with E-state index < -0.39 is 0 Å². The Hall–Kier alpha value is -1.89. The van der Waals surface area contributed by atoms with E-state index in [0.717, 1.165) is 13.1 Å². The first-order chi connectivity index (χ1) is 8.70. The number of piperazine rings is 1. The van der Waals surface area contributed by atoms with Crippen molar-refractivity contribution in [3.63, 3.8) is 0 Å². The molecule has 1 saturated heterocycles. The van der Waals surface area contributed by atoms with Gasteiger partial charge in [0.05, 0.1) is 6.54 Å². The number of pyridine rings is 1. The molecule has 2 heterocycles. The van der Waals surface area contributed by atoms with Crippen molar-refractivity contribution in [3.8, 4) is 0 Å². The maximum Gasteiger partial charge on any atom is 0.165 e. The van der Waals surface area contributed by atoms with Crippen LogP contribution >= 0.6 is 0 Å². The van der Waals surface area contributed by atoms with Crippen LogP contribution in [0.25, 0.3) is 0 Å². The normalized spacial score (nSPS) is 18.1. The zero-order valence-electron chi connectivity index (χ0n) is 9.96. The Balaban J connectivity index is 1.93. The molecule has 0 atom stereocenters. The van der Waals surface area contributed by atoms with Crippen molar-refractivity contribution in [1.82, 2.24) is 9.88 Å². The summed E-state index contributed by atoms with van der Waals surface area (Å²) in [5.41, 5.74) is 5.45. The van der Waals surface area contributed by atoms with E-state index in [9.17, 15) is 4.39 Å². The summed E-state index contributed by atoms with van der Waals surface area (Å²) in [6, 6.07) is 2.98. The van der Waals surface area contributed by atoms with Crippen molar-refractivity contribution in [1.29, 1.82) is 0 Å². The molecule has 0 radical (unpaired) electrons. The van der Waals surface area contributed by atoms with Gasteiger partial charge in [0.2, 0.25) is 0 Å². The molecular formula is C11H16FN5O. The fraction of sp³-hybridized carbons (Fsp3) is 0.455. The number of rotatable bonds is 3. The van der Waals surface area contributed by atoms with Gasteiger partial charge < -0.3 is 15.8 Å². The van der Waals surface area contributed by atoms with Gasteiger partial charge in [-0.3, -0.25) is 4.90 Å². The van der Waals surface area contributed by atoms with Crippen LogP contribution in [0.4, 0.5) is 10.2 Å². The Bertz CT molecular complexity index is 431. The number of nitrogens with zero attached hydrogens (tertiary/aromatic N) is 4. The minimum absolute atomic E-state index is 0.187. The van der Waals surface area contributed by atoms with E-state index >= 15 is 0 Å². The van der Waals surface area contributed by atoms with Gasteiger partial charge in [-0.05, 0) is 12.1 Å². The van der Waals surface area contributed by atoms with Gasteiger partial charge in [-0.25, -0.2) is 9.37 Å². The molecule has 98 valence electrons. The fourth-order valence-electron chi connectivity index (χ4n) is 1.99. The van der Waals surface area contributed by atoms with E-state index in [2.05, 4.69) is 10.1 Å². The lowest BCUT2D eigenvalue weighted by molar-refractivity contribution is 0.277. The molecule has 0 spiro atoms.